The Morgan fingerprint density at radius 1 is 1.19 bits per heavy atom. The lowest BCUT2D eigenvalue weighted by Gasteiger charge is -2.13. The highest BCUT2D eigenvalue weighted by Crippen LogP contribution is 2.24. The van der Waals surface area contributed by atoms with Gasteiger partial charge in [0.25, 0.3) is 5.91 Å². The highest BCUT2D eigenvalue weighted by Gasteiger charge is 2.15. The first-order chi connectivity index (χ1) is 12.5. The van der Waals surface area contributed by atoms with Crippen LogP contribution in [-0.4, -0.2) is 17.0 Å². The summed E-state index contributed by atoms with van der Waals surface area (Å²) in [5, 5.41) is 3.47. The zero-order chi connectivity index (χ0) is 18.5. The van der Waals surface area contributed by atoms with E-state index in [1.807, 2.05) is 32.2 Å². The van der Waals surface area contributed by atoms with Crippen LogP contribution < -0.4 is 10.1 Å². The average Bonchev–Trinajstić information content (AvgIpc) is 3.01. The monoisotopic (exact) mass is 366 g/mol. The van der Waals surface area contributed by atoms with Crippen molar-refractivity contribution in [3.8, 4) is 5.75 Å². The molecular weight excluding hydrogens is 344 g/mol. The minimum atomic E-state index is -0.210. The van der Waals surface area contributed by atoms with E-state index in [1.54, 1.807) is 12.1 Å². The van der Waals surface area contributed by atoms with Gasteiger partial charge in [0, 0.05) is 17.5 Å². The smallest absolute Gasteiger partial charge is 0.261 e. The number of rotatable bonds is 6. The molecule has 0 atom stereocenters. The van der Waals surface area contributed by atoms with Gasteiger partial charge in [-0.3, -0.25) is 10.1 Å². The van der Waals surface area contributed by atoms with Crippen LogP contribution in [0.3, 0.4) is 0 Å². The van der Waals surface area contributed by atoms with E-state index in [4.69, 9.17) is 4.74 Å². The standard InChI is InChI=1S/C21H22N2O2S/c1-14(2)25-19-10-5-4-9-18(19)20(24)23-21-22-13-17(26-21)12-16-8-6-7-15(3)11-16/h4-11,13-14H,12H2,1-3H3,(H,22,23,24). The first kappa shape index (κ1) is 18.1. The van der Waals surface area contributed by atoms with Gasteiger partial charge in [-0.15, -0.1) is 11.3 Å². The molecule has 0 aliphatic rings. The third kappa shape index (κ3) is 4.70. The van der Waals surface area contributed by atoms with Crippen LogP contribution in [0, 0.1) is 6.92 Å². The number of nitrogens with one attached hydrogen (secondary N) is 1. The average molecular weight is 366 g/mol. The van der Waals surface area contributed by atoms with Gasteiger partial charge in [-0.25, -0.2) is 4.98 Å². The SMILES string of the molecule is Cc1cccc(Cc2cnc(NC(=O)c3ccccc3OC(C)C)s2)c1. The highest BCUT2D eigenvalue weighted by atomic mass is 32.1. The van der Waals surface area contributed by atoms with Crippen molar-refractivity contribution >= 4 is 22.4 Å². The molecule has 4 nitrogen and oxygen atoms in total. The quantitative estimate of drug-likeness (QED) is 0.662. The molecule has 26 heavy (non-hydrogen) atoms. The van der Waals surface area contributed by atoms with Crippen LogP contribution in [0.25, 0.3) is 0 Å². The minimum absolute atomic E-state index is 0.00439. The molecule has 1 N–H and O–H groups in total. The van der Waals surface area contributed by atoms with E-state index in [2.05, 4.69) is 41.5 Å². The van der Waals surface area contributed by atoms with E-state index in [0.29, 0.717) is 16.4 Å². The maximum Gasteiger partial charge on any atom is 0.261 e. The Kier molecular flexibility index (Phi) is 5.68. The van der Waals surface area contributed by atoms with Crippen molar-refractivity contribution in [1.82, 2.24) is 4.98 Å². The number of hydrogen-bond donors (Lipinski definition) is 1. The first-order valence-corrected chi connectivity index (χ1v) is 9.40. The van der Waals surface area contributed by atoms with Gasteiger partial charge < -0.3 is 4.74 Å². The van der Waals surface area contributed by atoms with Crippen molar-refractivity contribution < 1.29 is 9.53 Å². The molecule has 1 aromatic heterocycles. The number of ether oxygens (including phenoxy) is 1. The van der Waals surface area contributed by atoms with Gasteiger partial charge in [-0.05, 0) is 38.5 Å². The van der Waals surface area contributed by atoms with Crippen LogP contribution in [0.4, 0.5) is 5.13 Å². The number of carbonyl (C=O) groups is 1. The topological polar surface area (TPSA) is 51.2 Å². The number of aromatic nitrogens is 1. The molecule has 0 aliphatic carbocycles. The van der Waals surface area contributed by atoms with Crippen molar-refractivity contribution in [3.63, 3.8) is 0 Å². The Morgan fingerprint density at radius 3 is 2.77 bits per heavy atom. The van der Waals surface area contributed by atoms with Crippen LogP contribution in [0.15, 0.2) is 54.7 Å². The van der Waals surface area contributed by atoms with Crippen LogP contribution in [0.1, 0.15) is 40.2 Å². The lowest BCUT2D eigenvalue weighted by Crippen LogP contribution is -2.15. The Morgan fingerprint density at radius 2 is 2.00 bits per heavy atom. The van der Waals surface area contributed by atoms with Gasteiger partial charge in [-0.2, -0.15) is 0 Å². The number of thiazole rings is 1. The minimum Gasteiger partial charge on any atom is -0.490 e. The summed E-state index contributed by atoms with van der Waals surface area (Å²) in [6, 6.07) is 15.7. The number of para-hydroxylation sites is 1. The van der Waals surface area contributed by atoms with E-state index >= 15 is 0 Å². The summed E-state index contributed by atoms with van der Waals surface area (Å²) in [5.41, 5.74) is 2.99. The van der Waals surface area contributed by atoms with Crippen molar-refractivity contribution in [2.45, 2.75) is 33.3 Å². The van der Waals surface area contributed by atoms with Gasteiger partial charge in [0.15, 0.2) is 5.13 Å². The lowest BCUT2D eigenvalue weighted by molar-refractivity contribution is 0.102. The summed E-state index contributed by atoms with van der Waals surface area (Å²) in [7, 11) is 0. The molecule has 0 saturated heterocycles. The van der Waals surface area contributed by atoms with Gasteiger partial charge >= 0.3 is 0 Å². The molecule has 3 aromatic rings. The van der Waals surface area contributed by atoms with Gasteiger partial charge in [0.1, 0.15) is 5.75 Å². The third-order valence-corrected chi connectivity index (χ3v) is 4.64. The Balaban J connectivity index is 1.70. The number of carbonyl (C=O) groups excluding carboxylic acids is 1. The normalized spacial score (nSPS) is 10.8. The fourth-order valence-corrected chi connectivity index (χ4v) is 3.49. The van der Waals surface area contributed by atoms with E-state index in [9.17, 15) is 4.79 Å². The molecule has 0 unspecified atom stereocenters. The fraction of sp³-hybridized carbons (Fsp3) is 0.238. The lowest BCUT2D eigenvalue weighted by atomic mass is 10.1. The predicted octanol–water partition coefficient (Wildman–Crippen LogP) is 5.08. The van der Waals surface area contributed by atoms with E-state index in [0.717, 1.165) is 11.3 Å². The number of benzene rings is 2. The van der Waals surface area contributed by atoms with Gasteiger partial charge in [0.05, 0.1) is 11.7 Å². The maximum absolute atomic E-state index is 12.6. The molecule has 0 radical (unpaired) electrons. The second kappa shape index (κ2) is 8.15. The highest BCUT2D eigenvalue weighted by molar-refractivity contribution is 7.15. The Labute approximate surface area is 157 Å². The summed E-state index contributed by atoms with van der Waals surface area (Å²) in [6.45, 7) is 5.96. The molecular formula is C21H22N2O2S. The molecule has 0 spiro atoms. The van der Waals surface area contributed by atoms with E-state index in [-0.39, 0.29) is 12.0 Å². The van der Waals surface area contributed by atoms with E-state index in [1.165, 1.54) is 22.5 Å². The predicted molar refractivity (Wildman–Crippen MR) is 106 cm³/mol. The fourth-order valence-electron chi connectivity index (χ4n) is 2.65. The zero-order valence-corrected chi connectivity index (χ0v) is 16.0. The summed E-state index contributed by atoms with van der Waals surface area (Å²) in [5.74, 6) is 0.370. The zero-order valence-electron chi connectivity index (χ0n) is 15.2. The van der Waals surface area contributed by atoms with Crippen LogP contribution >= 0.6 is 11.3 Å². The van der Waals surface area contributed by atoms with Crippen LogP contribution in [-0.2, 0) is 6.42 Å². The molecule has 1 heterocycles. The Bertz CT molecular complexity index is 902. The molecule has 1 amide bonds. The second-order valence-corrected chi connectivity index (χ2v) is 7.53. The summed E-state index contributed by atoms with van der Waals surface area (Å²) >= 11 is 1.49. The molecule has 0 saturated carbocycles. The maximum atomic E-state index is 12.6. The first-order valence-electron chi connectivity index (χ1n) is 8.58. The number of anilines is 1. The largest absolute Gasteiger partial charge is 0.490 e. The Hall–Kier alpha value is -2.66. The summed E-state index contributed by atoms with van der Waals surface area (Å²) in [4.78, 5) is 18.0. The van der Waals surface area contributed by atoms with E-state index < -0.39 is 0 Å². The summed E-state index contributed by atoms with van der Waals surface area (Å²) < 4.78 is 5.72. The number of nitrogens with zero attached hydrogens (tertiary/aromatic N) is 1. The van der Waals surface area contributed by atoms with Crippen LogP contribution in [0.2, 0.25) is 0 Å². The number of amides is 1. The van der Waals surface area contributed by atoms with Crippen molar-refractivity contribution in [2.24, 2.45) is 0 Å². The molecule has 3 rings (SSSR count). The van der Waals surface area contributed by atoms with Crippen molar-refractivity contribution in [1.29, 1.82) is 0 Å². The number of hydrogen-bond acceptors (Lipinski definition) is 4. The third-order valence-electron chi connectivity index (χ3n) is 3.73. The van der Waals surface area contributed by atoms with Crippen molar-refractivity contribution in [3.05, 3.63) is 76.3 Å². The van der Waals surface area contributed by atoms with Crippen LogP contribution in [0.5, 0.6) is 5.75 Å². The van der Waals surface area contributed by atoms with Gasteiger partial charge in [-0.1, -0.05) is 42.0 Å². The molecule has 2 aromatic carbocycles. The second-order valence-electron chi connectivity index (χ2n) is 6.41. The number of aryl methyl sites for hydroxylation is 1. The van der Waals surface area contributed by atoms with Gasteiger partial charge in [0.2, 0.25) is 0 Å². The molecule has 134 valence electrons. The van der Waals surface area contributed by atoms with Crippen molar-refractivity contribution in [2.75, 3.05) is 5.32 Å². The molecule has 0 bridgehead atoms. The summed E-state index contributed by atoms with van der Waals surface area (Å²) in [6.07, 6.45) is 2.63. The molecule has 0 fully saturated rings. The molecule has 0 aliphatic heterocycles. The molecule has 5 heteroatoms.